The molecule has 1 unspecified atom stereocenters. The smallest absolute Gasteiger partial charge is 0.293 e. The maximum atomic E-state index is 12.4. The Morgan fingerprint density at radius 2 is 2.04 bits per heavy atom. The van der Waals surface area contributed by atoms with E-state index in [2.05, 4.69) is 9.72 Å². The van der Waals surface area contributed by atoms with E-state index in [1.165, 1.54) is 6.42 Å². The molecule has 1 saturated heterocycles. The van der Waals surface area contributed by atoms with E-state index in [1.807, 2.05) is 23.1 Å². The number of carbonyl (C=O) groups is 2. The Hall–Kier alpha value is -2.34. The number of fused-ring (bicyclic) bond motifs is 1. The third-order valence-electron chi connectivity index (χ3n) is 4.22. The molecule has 1 fully saturated rings. The van der Waals surface area contributed by atoms with E-state index < -0.39 is 6.10 Å². The molecule has 0 saturated carbocycles. The zero-order chi connectivity index (χ0) is 19.6. The Labute approximate surface area is 164 Å². The molecule has 1 aliphatic rings. The number of hydrogen-bond donors (Lipinski definition) is 0. The maximum Gasteiger partial charge on any atom is 0.293 e. The molecule has 0 aliphatic carbocycles. The molecule has 6 nitrogen and oxygen atoms in total. The first-order valence-corrected chi connectivity index (χ1v) is 9.49. The Balaban J connectivity index is 0.000000465. The number of amides is 1. The molecule has 146 valence electrons. The van der Waals surface area contributed by atoms with E-state index in [4.69, 9.17) is 16.3 Å². The minimum absolute atomic E-state index is 0.0545. The van der Waals surface area contributed by atoms with Crippen LogP contribution in [-0.2, 0) is 14.3 Å². The molecule has 1 aliphatic heterocycles. The van der Waals surface area contributed by atoms with Crippen molar-refractivity contribution >= 4 is 34.9 Å². The second-order valence-electron chi connectivity index (χ2n) is 6.17. The minimum Gasteiger partial charge on any atom is -0.481 e. The molecule has 0 bridgehead atoms. The van der Waals surface area contributed by atoms with E-state index in [0.717, 1.165) is 36.8 Å². The van der Waals surface area contributed by atoms with Crippen LogP contribution in [0.3, 0.4) is 0 Å². The molecule has 1 amide bonds. The van der Waals surface area contributed by atoms with Crippen LogP contribution >= 0.6 is 11.6 Å². The Morgan fingerprint density at radius 3 is 2.67 bits per heavy atom. The molecule has 3 rings (SSSR count). The summed E-state index contributed by atoms with van der Waals surface area (Å²) in [5.74, 6) is 0.693. The van der Waals surface area contributed by atoms with Gasteiger partial charge < -0.3 is 14.4 Å². The normalized spacial score (nSPS) is 14.7. The first kappa shape index (κ1) is 21.0. The fraction of sp³-hybridized carbons (Fsp3) is 0.450. The standard InChI is InChI=1S/C17H19ClN2O2.C3H6O2/c1-12(17(21)20-9-3-2-4-10-20)22-13-5-6-14-15(18)7-8-19-16(14)11-13;1-2-5-3-4/h5-8,11-12H,2-4,9-10H2,1H3;3H,2H2,1H3. The number of nitrogens with zero attached hydrogens (tertiary/aromatic N) is 2. The third-order valence-corrected chi connectivity index (χ3v) is 4.55. The van der Waals surface area contributed by atoms with Gasteiger partial charge in [-0.2, -0.15) is 0 Å². The van der Waals surface area contributed by atoms with E-state index in [-0.39, 0.29) is 5.91 Å². The summed E-state index contributed by atoms with van der Waals surface area (Å²) in [6.45, 7) is 6.13. The molecule has 0 N–H and O–H groups in total. The van der Waals surface area contributed by atoms with Crippen molar-refractivity contribution in [1.29, 1.82) is 0 Å². The zero-order valence-electron chi connectivity index (χ0n) is 15.7. The van der Waals surface area contributed by atoms with Gasteiger partial charge in [-0.3, -0.25) is 14.6 Å². The van der Waals surface area contributed by atoms with Crippen LogP contribution < -0.4 is 4.74 Å². The number of benzene rings is 1. The molecule has 7 heteroatoms. The van der Waals surface area contributed by atoms with E-state index in [1.54, 1.807) is 26.1 Å². The Kier molecular flexibility index (Phi) is 8.33. The molecule has 2 aromatic rings. The van der Waals surface area contributed by atoms with Crippen molar-refractivity contribution in [2.24, 2.45) is 0 Å². The van der Waals surface area contributed by atoms with Gasteiger partial charge in [0, 0.05) is 30.7 Å². The largest absolute Gasteiger partial charge is 0.481 e. The van der Waals surface area contributed by atoms with Crippen LogP contribution in [0.5, 0.6) is 5.75 Å². The lowest BCUT2D eigenvalue weighted by atomic mass is 10.1. The lowest BCUT2D eigenvalue weighted by Crippen LogP contribution is -2.43. The summed E-state index contributed by atoms with van der Waals surface area (Å²) >= 11 is 6.13. The summed E-state index contributed by atoms with van der Waals surface area (Å²) in [6, 6.07) is 7.28. The molecule has 1 atom stereocenters. The monoisotopic (exact) mass is 392 g/mol. The summed E-state index contributed by atoms with van der Waals surface area (Å²) in [5, 5.41) is 1.54. The summed E-state index contributed by atoms with van der Waals surface area (Å²) in [6.07, 6.45) is 4.54. The lowest BCUT2D eigenvalue weighted by Gasteiger charge is -2.29. The molecule has 0 radical (unpaired) electrons. The zero-order valence-corrected chi connectivity index (χ0v) is 16.4. The highest BCUT2D eigenvalue weighted by atomic mass is 35.5. The maximum absolute atomic E-state index is 12.4. The average Bonchev–Trinajstić information content (AvgIpc) is 2.69. The summed E-state index contributed by atoms with van der Waals surface area (Å²) in [4.78, 5) is 27.7. The molecule has 27 heavy (non-hydrogen) atoms. The first-order chi connectivity index (χ1) is 13.1. The fourth-order valence-electron chi connectivity index (χ4n) is 2.86. The van der Waals surface area contributed by atoms with Gasteiger partial charge >= 0.3 is 0 Å². The topological polar surface area (TPSA) is 68.7 Å². The SMILES string of the molecule is CC(Oc1ccc2c(Cl)ccnc2c1)C(=O)N1CCCCC1.CCOC=O. The number of likely N-dealkylation sites (tertiary alicyclic amines) is 1. The highest BCUT2D eigenvalue weighted by Crippen LogP contribution is 2.26. The van der Waals surface area contributed by atoms with Crippen molar-refractivity contribution in [3.05, 3.63) is 35.5 Å². The van der Waals surface area contributed by atoms with Crippen molar-refractivity contribution in [2.45, 2.75) is 39.2 Å². The predicted octanol–water partition coefficient (Wildman–Crippen LogP) is 3.85. The van der Waals surface area contributed by atoms with Crippen molar-refractivity contribution in [2.75, 3.05) is 19.7 Å². The Bertz CT molecular complexity index is 763. The van der Waals surface area contributed by atoms with Crippen molar-refractivity contribution in [1.82, 2.24) is 9.88 Å². The minimum atomic E-state index is -0.491. The number of halogens is 1. The van der Waals surface area contributed by atoms with Gasteiger partial charge in [-0.1, -0.05) is 11.6 Å². The number of piperidine rings is 1. The fourth-order valence-corrected chi connectivity index (χ4v) is 3.08. The second kappa shape index (κ2) is 10.7. The van der Waals surface area contributed by atoms with Crippen LogP contribution in [0.25, 0.3) is 10.9 Å². The highest BCUT2D eigenvalue weighted by molar-refractivity contribution is 6.35. The van der Waals surface area contributed by atoms with Crippen LogP contribution in [0, 0.1) is 0 Å². The van der Waals surface area contributed by atoms with Crippen LogP contribution in [0.4, 0.5) is 0 Å². The van der Waals surface area contributed by atoms with Gasteiger partial charge in [0.25, 0.3) is 12.4 Å². The molecule has 0 spiro atoms. The van der Waals surface area contributed by atoms with Crippen molar-refractivity contribution < 1.29 is 19.1 Å². The first-order valence-electron chi connectivity index (χ1n) is 9.11. The van der Waals surface area contributed by atoms with E-state index in [0.29, 0.717) is 23.9 Å². The molecule has 1 aromatic heterocycles. The van der Waals surface area contributed by atoms with Gasteiger partial charge in [-0.15, -0.1) is 0 Å². The van der Waals surface area contributed by atoms with Gasteiger partial charge in [0.15, 0.2) is 6.10 Å². The van der Waals surface area contributed by atoms with E-state index in [9.17, 15) is 9.59 Å². The van der Waals surface area contributed by atoms with Gasteiger partial charge in [0.1, 0.15) is 5.75 Å². The van der Waals surface area contributed by atoms with Crippen molar-refractivity contribution in [3.8, 4) is 5.75 Å². The van der Waals surface area contributed by atoms with E-state index >= 15 is 0 Å². The quantitative estimate of drug-likeness (QED) is 0.723. The second-order valence-corrected chi connectivity index (χ2v) is 6.58. The highest BCUT2D eigenvalue weighted by Gasteiger charge is 2.23. The lowest BCUT2D eigenvalue weighted by molar-refractivity contribution is -0.138. The number of hydrogen-bond acceptors (Lipinski definition) is 5. The van der Waals surface area contributed by atoms with Gasteiger partial charge in [-0.25, -0.2) is 0 Å². The number of carbonyl (C=O) groups excluding carboxylic acids is 2. The summed E-state index contributed by atoms with van der Waals surface area (Å²) < 4.78 is 9.96. The number of ether oxygens (including phenoxy) is 2. The Morgan fingerprint density at radius 1 is 1.30 bits per heavy atom. The molecular formula is C20H25ClN2O4. The van der Waals surface area contributed by atoms with Gasteiger partial charge in [-0.05, 0) is 51.3 Å². The summed E-state index contributed by atoms with van der Waals surface area (Å²) in [7, 11) is 0. The van der Waals surface area contributed by atoms with Crippen molar-refractivity contribution in [3.63, 3.8) is 0 Å². The molecule has 1 aromatic carbocycles. The van der Waals surface area contributed by atoms with Gasteiger partial charge in [0.05, 0.1) is 17.1 Å². The van der Waals surface area contributed by atoms with Crippen LogP contribution in [0.15, 0.2) is 30.5 Å². The number of aromatic nitrogens is 1. The number of pyridine rings is 1. The summed E-state index contributed by atoms with van der Waals surface area (Å²) in [5.41, 5.74) is 0.766. The predicted molar refractivity (Wildman–Crippen MR) is 105 cm³/mol. The molecule has 2 heterocycles. The van der Waals surface area contributed by atoms with Crippen LogP contribution in [0.1, 0.15) is 33.1 Å². The number of rotatable bonds is 5. The van der Waals surface area contributed by atoms with Crippen LogP contribution in [0.2, 0.25) is 5.02 Å². The van der Waals surface area contributed by atoms with Gasteiger partial charge in [0.2, 0.25) is 0 Å². The average molecular weight is 393 g/mol. The molecular weight excluding hydrogens is 368 g/mol. The van der Waals surface area contributed by atoms with Crippen LogP contribution in [-0.4, -0.2) is 48.1 Å². The third kappa shape index (κ3) is 6.10.